The predicted octanol–water partition coefficient (Wildman–Crippen LogP) is 5.19. The van der Waals surface area contributed by atoms with Crippen LogP contribution in [0, 0.1) is 6.92 Å². The van der Waals surface area contributed by atoms with E-state index in [0.717, 1.165) is 16.3 Å². The van der Waals surface area contributed by atoms with Crippen molar-refractivity contribution in [1.29, 1.82) is 0 Å². The second-order valence-electron chi connectivity index (χ2n) is 8.42. The highest BCUT2D eigenvalue weighted by molar-refractivity contribution is 7.92. The van der Waals surface area contributed by atoms with E-state index in [9.17, 15) is 13.2 Å². The van der Waals surface area contributed by atoms with E-state index in [1.54, 1.807) is 36.4 Å². The van der Waals surface area contributed by atoms with E-state index in [0.29, 0.717) is 30.3 Å². The number of halogens is 1. The number of nitrogens with one attached hydrogen (secondary N) is 1. The molecular weight excluding hydrogens is 542 g/mol. The normalized spacial score (nSPS) is 11.3. The van der Waals surface area contributed by atoms with Gasteiger partial charge in [-0.2, -0.15) is 5.10 Å². The van der Waals surface area contributed by atoms with Crippen LogP contribution in [0.2, 0.25) is 5.02 Å². The summed E-state index contributed by atoms with van der Waals surface area (Å²) in [4.78, 5) is 12.9. The molecule has 0 saturated heterocycles. The SMILES string of the molecule is CCCOc1ccc(/C=N\NC(=O)CN(c2cc(Cl)ccc2OC)S(=O)(=O)c2ccc(C)cc2)cc1OCC. The van der Waals surface area contributed by atoms with Crippen molar-refractivity contribution in [3.8, 4) is 17.2 Å². The van der Waals surface area contributed by atoms with Crippen LogP contribution in [0.3, 0.4) is 0 Å². The van der Waals surface area contributed by atoms with Gasteiger partial charge in [0.25, 0.3) is 15.9 Å². The van der Waals surface area contributed by atoms with Crippen LogP contribution < -0.4 is 23.9 Å². The highest BCUT2D eigenvalue weighted by Gasteiger charge is 2.29. The van der Waals surface area contributed by atoms with Crippen molar-refractivity contribution in [1.82, 2.24) is 5.43 Å². The number of carbonyl (C=O) groups is 1. The van der Waals surface area contributed by atoms with Crippen LogP contribution in [0.15, 0.2) is 70.7 Å². The number of benzene rings is 3. The van der Waals surface area contributed by atoms with Gasteiger partial charge in [-0.1, -0.05) is 36.2 Å². The summed E-state index contributed by atoms with van der Waals surface area (Å²) in [6, 6.07) is 16.1. The first-order valence-electron chi connectivity index (χ1n) is 12.3. The number of hydrogen-bond acceptors (Lipinski definition) is 7. The van der Waals surface area contributed by atoms with Crippen molar-refractivity contribution in [3.63, 3.8) is 0 Å². The van der Waals surface area contributed by atoms with Crippen LogP contribution in [0.25, 0.3) is 0 Å². The molecule has 0 aliphatic carbocycles. The van der Waals surface area contributed by atoms with Gasteiger partial charge in [0.15, 0.2) is 11.5 Å². The molecule has 0 radical (unpaired) electrons. The zero-order valence-electron chi connectivity index (χ0n) is 22.3. The van der Waals surface area contributed by atoms with Gasteiger partial charge < -0.3 is 14.2 Å². The van der Waals surface area contributed by atoms with E-state index in [1.165, 1.54) is 37.6 Å². The van der Waals surface area contributed by atoms with E-state index in [1.807, 2.05) is 20.8 Å². The first-order valence-corrected chi connectivity index (χ1v) is 14.2. The Bertz CT molecular complexity index is 1410. The standard InChI is InChI=1S/C28H32ClN3O6S/c1-5-15-38-26-13-9-21(16-27(26)37-6-2)18-30-31-28(33)19-32(24-17-22(29)10-14-25(24)36-4)39(34,35)23-11-7-20(3)8-12-23/h7-14,16-18H,5-6,15,19H2,1-4H3,(H,31,33)/b30-18-. The molecule has 3 rings (SSSR count). The fourth-order valence-corrected chi connectivity index (χ4v) is 5.13. The Morgan fingerprint density at radius 2 is 1.72 bits per heavy atom. The lowest BCUT2D eigenvalue weighted by Gasteiger charge is -2.25. The third-order valence-corrected chi connectivity index (χ3v) is 7.45. The Balaban J connectivity index is 1.85. The third kappa shape index (κ3) is 7.87. The molecule has 0 spiro atoms. The Hall–Kier alpha value is -3.76. The second-order valence-corrected chi connectivity index (χ2v) is 10.7. The number of ether oxygens (including phenoxy) is 3. The van der Waals surface area contributed by atoms with Gasteiger partial charge in [-0.25, -0.2) is 13.8 Å². The number of hydrogen-bond donors (Lipinski definition) is 1. The van der Waals surface area contributed by atoms with E-state index in [4.69, 9.17) is 25.8 Å². The summed E-state index contributed by atoms with van der Waals surface area (Å²) in [5.74, 6) is 0.745. The molecule has 0 saturated carbocycles. The minimum atomic E-state index is -4.17. The van der Waals surface area contributed by atoms with E-state index in [-0.39, 0.29) is 21.4 Å². The Kier molecular flexibility index (Phi) is 10.6. The molecule has 208 valence electrons. The van der Waals surface area contributed by atoms with Gasteiger partial charge in [0.05, 0.1) is 37.1 Å². The van der Waals surface area contributed by atoms with Gasteiger partial charge in [0.1, 0.15) is 12.3 Å². The van der Waals surface area contributed by atoms with Gasteiger partial charge in [-0.15, -0.1) is 0 Å². The lowest BCUT2D eigenvalue weighted by Crippen LogP contribution is -2.39. The predicted molar refractivity (Wildman–Crippen MR) is 153 cm³/mol. The maximum absolute atomic E-state index is 13.6. The molecule has 1 N–H and O–H groups in total. The van der Waals surface area contributed by atoms with Crippen LogP contribution >= 0.6 is 11.6 Å². The number of hydrazone groups is 1. The maximum atomic E-state index is 13.6. The molecule has 39 heavy (non-hydrogen) atoms. The lowest BCUT2D eigenvalue weighted by molar-refractivity contribution is -0.119. The Labute approximate surface area is 234 Å². The number of rotatable bonds is 13. The summed E-state index contributed by atoms with van der Waals surface area (Å²) in [6.07, 6.45) is 2.29. The molecule has 0 fully saturated rings. The average molecular weight is 574 g/mol. The molecule has 0 aliphatic heterocycles. The molecular formula is C28H32ClN3O6S. The quantitative estimate of drug-likeness (QED) is 0.223. The molecule has 3 aromatic carbocycles. The fourth-order valence-electron chi connectivity index (χ4n) is 3.54. The molecule has 1 amide bonds. The highest BCUT2D eigenvalue weighted by Crippen LogP contribution is 2.35. The van der Waals surface area contributed by atoms with Gasteiger partial charge >= 0.3 is 0 Å². The van der Waals surface area contributed by atoms with Gasteiger partial charge in [0.2, 0.25) is 0 Å². The van der Waals surface area contributed by atoms with E-state index in [2.05, 4.69) is 10.5 Å². The minimum Gasteiger partial charge on any atom is -0.495 e. The molecule has 11 heteroatoms. The van der Waals surface area contributed by atoms with Crippen molar-refractivity contribution < 1.29 is 27.4 Å². The molecule has 0 unspecified atom stereocenters. The Morgan fingerprint density at radius 1 is 1.00 bits per heavy atom. The molecule has 9 nitrogen and oxygen atoms in total. The number of aryl methyl sites for hydroxylation is 1. The van der Waals surface area contributed by atoms with Crippen molar-refractivity contribution in [2.24, 2.45) is 5.10 Å². The first kappa shape index (κ1) is 29.8. The largest absolute Gasteiger partial charge is 0.495 e. The van der Waals surface area contributed by atoms with Crippen LogP contribution in [-0.2, 0) is 14.8 Å². The summed E-state index contributed by atoms with van der Waals surface area (Å²) in [7, 11) is -2.76. The number of anilines is 1. The summed E-state index contributed by atoms with van der Waals surface area (Å²) in [5.41, 5.74) is 4.06. The second kappa shape index (κ2) is 13.9. The van der Waals surface area contributed by atoms with Gasteiger partial charge in [-0.3, -0.25) is 9.10 Å². The van der Waals surface area contributed by atoms with Crippen LogP contribution in [-0.4, -0.2) is 47.4 Å². The summed E-state index contributed by atoms with van der Waals surface area (Å²) < 4.78 is 45.0. The zero-order chi connectivity index (χ0) is 28.4. The number of nitrogens with zero attached hydrogens (tertiary/aromatic N) is 2. The topological polar surface area (TPSA) is 107 Å². The minimum absolute atomic E-state index is 0.0141. The van der Waals surface area contributed by atoms with Crippen LogP contribution in [0.1, 0.15) is 31.4 Å². The third-order valence-electron chi connectivity index (χ3n) is 5.44. The molecule has 0 heterocycles. The molecule has 0 atom stereocenters. The molecule has 3 aromatic rings. The van der Waals surface area contributed by atoms with E-state index >= 15 is 0 Å². The smallest absolute Gasteiger partial charge is 0.264 e. The van der Waals surface area contributed by atoms with E-state index < -0.39 is 22.5 Å². The van der Waals surface area contributed by atoms with Crippen molar-refractivity contribution in [3.05, 3.63) is 76.8 Å². The average Bonchev–Trinajstić information content (AvgIpc) is 2.91. The number of amides is 1. The summed E-state index contributed by atoms with van der Waals surface area (Å²) >= 11 is 6.18. The monoisotopic (exact) mass is 573 g/mol. The van der Waals surface area contributed by atoms with Crippen LogP contribution in [0.4, 0.5) is 5.69 Å². The molecule has 0 bridgehead atoms. The maximum Gasteiger partial charge on any atom is 0.264 e. The van der Waals surface area contributed by atoms with Crippen LogP contribution in [0.5, 0.6) is 17.2 Å². The molecule has 0 aromatic heterocycles. The number of sulfonamides is 1. The molecule has 0 aliphatic rings. The summed E-state index contributed by atoms with van der Waals surface area (Å²) in [6.45, 7) is 6.18. The van der Waals surface area contributed by atoms with Crippen molar-refractivity contribution >= 4 is 39.4 Å². The lowest BCUT2D eigenvalue weighted by atomic mass is 10.2. The van der Waals surface area contributed by atoms with Crippen molar-refractivity contribution in [2.45, 2.75) is 32.1 Å². The highest BCUT2D eigenvalue weighted by atomic mass is 35.5. The first-order chi connectivity index (χ1) is 18.7. The fraction of sp³-hybridized carbons (Fsp3) is 0.286. The Morgan fingerprint density at radius 3 is 2.38 bits per heavy atom. The zero-order valence-corrected chi connectivity index (χ0v) is 23.9. The number of methoxy groups -OCH3 is 1. The van der Waals surface area contributed by atoms with Crippen molar-refractivity contribution in [2.75, 3.05) is 31.2 Å². The van der Waals surface area contributed by atoms with Gasteiger partial charge in [-0.05, 0) is 74.4 Å². The summed E-state index contributed by atoms with van der Waals surface area (Å²) in [5, 5.41) is 4.29. The number of carbonyl (C=O) groups excluding carboxylic acids is 1. The van der Waals surface area contributed by atoms with Gasteiger partial charge in [0, 0.05) is 5.02 Å².